The van der Waals surface area contributed by atoms with Crippen LogP contribution in [0.1, 0.15) is 62.9 Å². The number of hydrogen-bond donors (Lipinski definition) is 2. The van der Waals surface area contributed by atoms with Gasteiger partial charge in [0.15, 0.2) is 0 Å². The van der Waals surface area contributed by atoms with Gasteiger partial charge in [-0.1, -0.05) is 81.8 Å². The highest BCUT2D eigenvalue weighted by molar-refractivity contribution is 7.89. The zero-order valence-electron chi connectivity index (χ0n) is 31.9. The van der Waals surface area contributed by atoms with Crippen molar-refractivity contribution in [1.82, 2.24) is 29.3 Å². The maximum Gasteiger partial charge on any atom is 0.321 e. The first kappa shape index (κ1) is 42.5. The smallest absolute Gasteiger partial charge is 0.321 e. The molecule has 0 saturated carbocycles. The van der Waals surface area contributed by atoms with Gasteiger partial charge in [0, 0.05) is 45.5 Å². The van der Waals surface area contributed by atoms with Crippen molar-refractivity contribution in [1.29, 1.82) is 0 Å². The summed E-state index contributed by atoms with van der Waals surface area (Å²) in [6.07, 6.45) is -0.491. The van der Waals surface area contributed by atoms with E-state index in [9.17, 15) is 32.8 Å². The van der Waals surface area contributed by atoms with E-state index in [0.29, 0.717) is 37.3 Å². The van der Waals surface area contributed by atoms with Gasteiger partial charge in [0.05, 0.1) is 35.8 Å². The Hall–Kier alpha value is -4.25. The summed E-state index contributed by atoms with van der Waals surface area (Å²) in [5.41, 5.74) is 2.11. The number of aliphatic hydroxyl groups is 1. The van der Waals surface area contributed by atoms with E-state index in [1.165, 1.54) is 46.8 Å². The molecule has 0 unspecified atom stereocenters. The Kier molecular flexibility index (Phi) is 15.2. The number of nitroso groups, excluding NO2 is 1. The van der Waals surface area contributed by atoms with Crippen LogP contribution in [-0.2, 0) is 45.7 Å². The third kappa shape index (κ3) is 11.1. The molecular formula is C38H53N7O7S2. The van der Waals surface area contributed by atoms with Crippen molar-refractivity contribution in [2.75, 3.05) is 33.2 Å². The van der Waals surface area contributed by atoms with Crippen molar-refractivity contribution in [2.24, 2.45) is 17.0 Å². The summed E-state index contributed by atoms with van der Waals surface area (Å²) in [4.78, 5) is 60.0. The maximum atomic E-state index is 14.3. The quantitative estimate of drug-likeness (QED) is 0.158. The Morgan fingerprint density at radius 1 is 1.04 bits per heavy atom. The fraction of sp³-hybridized carbons (Fsp3) is 0.526. The van der Waals surface area contributed by atoms with Crippen LogP contribution >= 0.6 is 11.3 Å². The highest BCUT2D eigenvalue weighted by atomic mass is 32.2. The van der Waals surface area contributed by atoms with Crippen LogP contribution in [0, 0.1) is 16.7 Å². The molecule has 1 aromatic heterocycles. The van der Waals surface area contributed by atoms with Crippen LogP contribution in [0.5, 0.6) is 0 Å². The zero-order chi connectivity index (χ0) is 39.6. The number of rotatable bonds is 20. The summed E-state index contributed by atoms with van der Waals surface area (Å²) in [5, 5.41) is 20.4. The minimum Gasteiger partial charge on any atom is -0.390 e. The third-order valence-corrected chi connectivity index (χ3v) is 12.4. The summed E-state index contributed by atoms with van der Waals surface area (Å²) in [7, 11) is -2.38. The van der Waals surface area contributed by atoms with Crippen molar-refractivity contribution in [2.45, 2.75) is 90.2 Å². The highest BCUT2D eigenvalue weighted by Gasteiger charge is 2.41. The predicted octanol–water partition coefficient (Wildman–Crippen LogP) is 4.48. The maximum absolute atomic E-state index is 14.3. The van der Waals surface area contributed by atoms with Gasteiger partial charge in [-0.3, -0.25) is 9.59 Å². The Labute approximate surface area is 322 Å². The number of hydrogen-bond acceptors (Lipinski definition) is 10. The first-order valence-electron chi connectivity index (χ1n) is 18.3. The first-order chi connectivity index (χ1) is 25.6. The predicted molar refractivity (Wildman–Crippen MR) is 208 cm³/mol. The van der Waals surface area contributed by atoms with Gasteiger partial charge in [0.1, 0.15) is 17.6 Å². The van der Waals surface area contributed by atoms with E-state index in [-0.39, 0.29) is 61.3 Å². The lowest BCUT2D eigenvalue weighted by molar-refractivity contribution is -0.129. The van der Waals surface area contributed by atoms with Crippen LogP contribution in [-0.4, -0.2) is 107 Å². The van der Waals surface area contributed by atoms with Crippen molar-refractivity contribution >= 4 is 39.2 Å². The lowest BCUT2D eigenvalue weighted by Gasteiger charge is -2.35. The van der Waals surface area contributed by atoms with Gasteiger partial charge in [0.2, 0.25) is 21.8 Å². The number of nitrogens with zero attached hydrogens (tertiary/aromatic N) is 6. The largest absolute Gasteiger partial charge is 0.390 e. The number of carbonyl (C=O) groups excluding carboxylic acids is 3. The summed E-state index contributed by atoms with van der Waals surface area (Å²) in [6.45, 7) is 10.2. The van der Waals surface area contributed by atoms with E-state index >= 15 is 0 Å². The second-order valence-electron chi connectivity index (χ2n) is 14.4. The molecule has 1 aliphatic heterocycles. The summed E-state index contributed by atoms with van der Waals surface area (Å²) >= 11 is 1.42. The summed E-state index contributed by atoms with van der Waals surface area (Å²) < 4.78 is 29.1. The molecule has 14 nitrogen and oxygen atoms in total. The molecule has 4 amide bonds. The molecule has 2 N–H and O–H groups in total. The van der Waals surface area contributed by atoms with E-state index in [1.807, 2.05) is 63.4 Å². The average Bonchev–Trinajstić information content (AvgIpc) is 3.73. The normalized spacial score (nSPS) is 15.7. The molecule has 4 atom stereocenters. The molecule has 0 radical (unpaired) electrons. The van der Waals surface area contributed by atoms with Gasteiger partial charge in [0.25, 0.3) is 0 Å². The van der Waals surface area contributed by atoms with Crippen molar-refractivity contribution < 1.29 is 27.9 Å². The van der Waals surface area contributed by atoms with Gasteiger partial charge in [-0.15, -0.1) is 11.3 Å². The van der Waals surface area contributed by atoms with E-state index in [2.05, 4.69) is 15.5 Å². The molecule has 54 heavy (non-hydrogen) atoms. The molecule has 0 spiro atoms. The van der Waals surface area contributed by atoms with Crippen LogP contribution in [0.2, 0.25) is 0 Å². The number of aromatic nitrogens is 1. The summed E-state index contributed by atoms with van der Waals surface area (Å²) in [6, 6.07) is 13.2. The van der Waals surface area contributed by atoms with Gasteiger partial charge >= 0.3 is 6.03 Å². The number of benzene rings is 2. The second-order valence-corrected chi connectivity index (χ2v) is 17.2. The minimum atomic E-state index is -4.08. The topological polar surface area (TPSA) is 173 Å². The molecule has 2 heterocycles. The lowest BCUT2D eigenvalue weighted by atomic mass is 9.95. The van der Waals surface area contributed by atoms with E-state index in [1.54, 1.807) is 21.7 Å². The third-order valence-electron chi connectivity index (χ3n) is 9.63. The molecule has 3 aromatic rings. The molecule has 16 heteroatoms. The number of amides is 4. The molecule has 294 valence electrons. The second kappa shape index (κ2) is 19.4. The van der Waals surface area contributed by atoms with Crippen LogP contribution in [0.15, 0.2) is 70.0 Å². The molecule has 0 bridgehead atoms. The molecular weight excluding hydrogens is 731 g/mol. The number of carbonyl (C=O) groups is 3. The van der Waals surface area contributed by atoms with Gasteiger partial charge in [-0.05, 0) is 41.5 Å². The van der Waals surface area contributed by atoms with Crippen molar-refractivity contribution in [3.8, 4) is 0 Å². The van der Waals surface area contributed by atoms with E-state index in [0.717, 1.165) is 10.6 Å². The number of thiazole rings is 1. The summed E-state index contributed by atoms with van der Waals surface area (Å²) in [5.74, 6) is -0.809. The number of aliphatic hydroxyl groups excluding tert-OH is 1. The van der Waals surface area contributed by atoms with Crippen LogP contribution < -0.4 is 5.32 Å². The van der Waals surface area contributed by atoms with Crippen molar-refractivity contribution in [3.05, 3.63) is 86.7 Å². The number of nitrogens with one attached hydrogen (secondary N) is 1. The molecule has 2 aromatic carbocycles. The average molecular weight is 784 g/mol. The van der Waals surface area contributed by atoms with Crippen LogP contribution in [0.3, 0.4) is 0 Å². The van der Waals surface area contributed by atoms with Crippen LogP contribution in [0.25, 0.3) is 0 Å². The molecule has 1 aliphatic rings. The zero-order valence-corrected chi connectivity index (χ0v) is 33.6. The van der Waals surface area contributed by atoms with Gasteiger partial charge < -0.3 is 25.1 Å². The minimum absolute atomic E-state index is 0.0138. The fourth-order valence-corrected chi connectivity index (χ4v) is 8.82. The monoisotopic (exact) mass is 783 g/mol. The molecule has 1 saturated heterocycles. The number of urea groups is 1. The van der Waals surface area contributed by atoms with E-state index in [4.69, 9.17) is 0 Å². The molecule has 0 aliphatic carbocycles. The Bertz CT molecular complexity index is 1820. The molecule has 4 rings (SSSR count). The SMILES string of the molecule is CC[C@H](C)[C@@H](C(=O)N[C@@H](Cc1ccccc1)[C@H](O)CN(CC(C)C)S(=O)(=O)c1ccc(CN=O)cc1)N1CCN(Cc2csc(CN(C)C(C)=O)n2)C1=O. The van der Waals surface area contributed by atoms with Gasteiger partial charge in [-0.2, -0.15) is 9.21 Å². The van der Waals surface area contributed by atoms with Gasteiger partial charge in [-0.25, -0.2) is 18.2 Å². The highest BCUT2D eigenvalue weighted by Crippen LogP contribution is 2.25. The van der Waals surface area contributed by atoms with Crippen LogP contribution in [0.4, 0.5) is 4.79 Å². The Morgan fingerprint density at radius 3 is 2.33 bits per heavy atom. The lowest BCUT2D eigenvalue weighted by Crippen LogP contribution is -2.57. The van der Waals surface area contributed by atoms with E-state index < -0.39 is 34.1 Å². The Balaban J connectivity index is 1.55. The fourth-order valence-electron chi connectivity index (χ4n) is 6.36. The standard InChI is InChI=1S/C38H53N7O7S2/c1-7-27(4)36(45-18-17-43(38(45)49)22-31-25-53-35(40-31)24-42(6)28(5)46)37(48)41-33(19-29-11-9-8-10-12-29)34(47)23-44(21-26(2)3)54(51,52)32-15-13-30(14-16-32)20-39-50/h8-16,25-27,33-34,36,47H,7,17-24H2,1-6H3,(H,41,48)/t27-,33-,34+,36-/m0/s1. The first-order valence-corrected chi connectivity index (χ1v) is 20.6. The van der Waals surface area contributed by atoms with Crippen molar-refractivity contribution in [3.63, 3.8) is 0 Å². The molecule has 1 fully saturated rings. The Morgan fingerprint density at radius 2 is 1.72 bits per heavy atom. The number of sulfonamides is 1.